The van der Waals surface area contributed by atoms with Crippen molar-refractivity contribution < 1.29 is 9.18 Å². The highest BCUT2D eigenvalue weighted by Gasteiger charge is 2.17. The van der Waals surface area contributed by atoms with Crippen molar-refractivity contribution in [3.8, 4) is 0 Å². The van der Waals surface area contributed by atoms with Crippen molar-refractivity contribution in [1.29, 1.82) is 0 Å². The lowest BCUT2D eigenvalue weighted by molar-refractivity contribution is 0.0783. The lowest BCUT2D eigenvalue weighted by Crippen LogP contribution is -2.35. The van der Waals surface area contributed by atoms with Crippen LogP contribution in [0.3, 0.4) is 0 Å². The molecule has 2 N–H and O–H groups in total. The lowest BCUT2D eigenvalue weighted by atomic mass is 10.1. The van der Waals surface area contributed by atoms with Crippen LogP contribution in [0.5, 0.6) is 0 Å². The SMILES string of the molecule is CN(CCN1CCCC1)C(=O)c1ccc(F)cc1N. The van der Waals surface area contributed by atoms with Gasteiger partial charge in [-0.15, -0.1) is 0 Å². The molecule has 2 rings (SSSR count). The number of likely N-dealkylation sites (N-methyl/N-ethyl adjacent to an activating group) is 1. The van der Waals surface area contributed by atoms with Crippen LogP contribution >= 0.6 is 0 Å². The zero-order valence-electron chi connectivity index (χ0n) is 11.2. The van der Waals surface area contributed by atoms with Gasteiger partial charge in [-0.05, 0) is 44.1 Å². The Morgan fingerprint density at radius 1 is 1.42 bits per heavy atom. The van der Waals surface area contributed by atoms with E-state index in [0.717, 1.165) is 19.6 Å². The molecular weight excluding hydrogens is 245 g/mol. The summed E-state index contributed by atoms with van der Waals surface area (Å²) in [6, 6.07) is 3.89. The van der Waals surface area contributed by atoms with E-state index in [0.29, 0.717) is 12.1 Å². The summed E-state index contributed by atoms with van der Waals surface area (Å²) in [5.41, 5.74) is 6.24. The normalized spacial score (nSPS) is 15.7. The van der Waals surface area contributed by atoms with Gasteiger partial charge < -0.3 is 15.5 Å². The van der Waals surface area contributed by atoms with Crippen LogP contribution in [0.1, 0.15) is 23.2 Å². The molecule has 0 atom stereocenters. The third-order valence-corrected chi connectivity index (χ3v) is 3.54. The summed E-state index contributed by atoms with van der Waals surface area (Å²) >= 11 is 0. The Hall–Kier alpha value is -1.62. The Kier molecular flexibility index (Phi) is 4.37. The summed E-state index contributed by atoms with van der Waals surface area (Å²) < 4.78 is 13.0. The molecule has 1 saturated heterocycles. The first kappa shape index (κ1) is 13.8. The Morgan fingerprint density at radius 3 is 2.74 bits per heavy atom. The van der Waals surface area contributed by atoms with Crippen molar-refractivity contribution in [2.45, 2.75) is 12.8 Å². The maximum Gasteiger partial charge on any atom is 0.255 e. The van der Waals surface area contributed by atoms with E-state index >= 15 is 0 Å². The monoisotopic (exact) mass is 265 g/mol. The Balaban J connectivity index is 1.94. The molecule has 0 radical (unpaired) electrons. The van der Waals surface area contributed by atoms with Crippen LogP contribution < -0.4 is 5.73 Å². The number of likely N-dealkylation sites (tertiary alicyclic amines) is 1. The fraction of sp³-hybridized carbons (Fsp3) is 0.500. The molecule has 4 nitrogen and oxygen atoms in total. The van der Waals surface area contributed by atoms with Crippen LogP contribution in [0.2, 0.25) is 0 Å². The minimum Gasteiger partial charge on any atom is -0.398 e. The molecular formula is C14H20FN3O. The number of hydrogen-bond acceptors (Lipinski definition) is 3. The number of hydrogen-bond donors (Lipinski definition) is 1. The Morgan fingerprint density at radius 2 is 2.11 bits per heavy atom. The highest BCUT2D eigenvalue weighted by atomic mass is 19.1. The van der Waals surface area contributed by atoms with Crippen LogP contribution in [0.15, 0.2) is 18.2 Å². The van der Waals surface area contributed by atoms with Gasteiger partial charge in [-0.3, -0.25) is 4.79 Å². The van der Waals surface area contributed by atoms with E-state index in [4.69, 9.17) is 5.73 Å². The molecule has 1 aromatic rings. The maximum absolute atomic E-state index is 13.0. The molecule has 1 aliphatic rings. The highest BCUT2D eigenvalue weighted by molar-refractivity contribution is 5.98. The van der Waals surface area contributed by atoms with E-state index < -0.39 is 5.82 Å². The van der Waals surface area contributed by atoms with E-state index in [9.17, 15) is 9.18 Å². The summed E-state index contributed by atoms with van der Waals surface area (Å²) in [6.07, 6.45) is 2.48. The second-order valence-electron chi connectivity index (χ2n) is 5.01. The first-order valence-electron chi connectivity index (χ1n) is 6.61. The van der Waals surface area contributed by atoms with Crippen LogP contribution in [0, 0.1) is 5.82 Å². The van der Waals surface area contributed by atoms with Gasteiger partial charge in [0.15, 0.2) is 0 Å². The van der Waals surface area contributed by atoms with Crippen molar-refractivity contribution in [3.63, 3.8) is 0 Å². The second-order valence-corrected chi connectivity index (χ2v) is 5.01. The van der Waals surface area contributed by atoms with E-state index in [1.54, 1.807) is 11.9 Å². The fourth-order valence-electron chi connectivity index (χ4n) is 2.33. The first-order chi connectivity index (χ1) is 9.08. The second kappa shape index (κ2) is 6.02. The highest BCUT2D eigenvalue weighted by Crippen LogP contribution is 2.15. The molecule has 0 unspecified atom stereocenters. The zero-order valence-corrected chi connectivity index (χ0v) is 11.2. The molecule has 0 aliphatic carbocycles. The molecule has 5 heteroatoms. The third kappa shape index (κ3) is 3.44. The summed E-state index contributed by atoms with van der Waals surface area (Å²) in [4.78, 5) is 16.2. The number of halogens is 1. The molecule has 1 aromatic carbocycles. The number of benzene rings is 1. The van der Waals surface area contributed by atoms with Crippen molar-refractivity contribution in [2.75, 3.05) is 39.0 Å². The van der Waals surface area contributed by atoms with Crippen molar-refractivity contribution >= 4 is 11.6 Å². The van der Waals surface area contributed by atoms with Gasteiger partial charge in [-0.25, -0.2) is 4.39 Å². The average molecular weight is 265 g/mol. The smallest absolute Gasteiger partial charge is 0.255 e. The molecule has 1 aliphatic heterocycles. The molecule has 0 saturated carbocycles. The van der Waals surface area contributed by atoms with Gasteiger partial charge in [0, 0.05) is 25.8 Å². The topological polar surface area (TPSA) is 49.6 Å². The van der Waals surface area contributed by atoms with Gasteiger partial charge in [-0.2, -0.15) is 0 Å². The van der Waals surface area contributed by atoms with Crippen molar-refractivity contribution in [1.82, 2.24) is 9.80 Å². The largest absolute Gasteiger partial charge is 0.398 e. The number of nitrogens with zero attached hydrogens (tertiary/aromatic N) is 2. The molecule has 1 amide bonds. The average Bonchev–Trinajstić information content (AvgIpc) is 2.88. The van der Waals surface area contributed by atoms with Crippen LogP contribution in [-0.2, 0) is 0 Å². The minimum atomic E-state index is -0.422. The van der Waals surface area contributed by atoms with E-state index in [-0.39, 0.29) is 11.6 Å². The number of carbonyl (C=O) groups is 1. The number of anilines is 1. The Bertz CT molecular complexity index is 458. The molecule has 104 valence electrons. The summed E-state index contributed by atoms with van der Waals surface area (Å²) in [5, 5.41) is 0. The summed E-state index contributed by atoms with van der Waals surface area (Å²) in [7, 11) is 1.75. The van der Waals surface area contributed by atoms with Gasteiger partial charge in [0.1, 0.15) is 5.82 Å². The quantitative estimate of drug-likeness (QED) is 0.841. The maximum atomic E-state index is 13.0. The number of rotatable bonds is 4. The van der Waals surface area contributed by atoms with Crippen molar-refractivity contribution in [2.24, 2.45) is 0 Å². The van der Waals surface area contributed by atoms with Gasteiger partial charge in [0.2, 0.25) is 0 Å². The number of amides is 1. The molecule has 0 aromatic heterocycles. The lowest BCUT2D eigenvalue weighted by Gasteiger charge is -2.22. The number of carbonyl (C=O) groups excluding carboxylic acids is 1. The van der Waals surface area contributed by atoms with E-state index in [2.05, 4.69) is 4.90 Å². The summed E-state index contributed by atoms with van der Waals surface area (Å²) in [6.45, 7) is 3.76. The molecule has 19 heavy (non-hydrogen) atoms. The summed E-state index contributed by atoms with van der Waals surface area (Å²) in [5.74, 6) is -0.578. The van der Waals surface area contributed by atoms with E-state index in [1.807, 2.05) is 0 Å². The number of nitrogen functional groups attached to an aromatic ring is 1. The van der Waals surface area contributed by atoms with Gasteiger partial charge in [-0.1, -0.05) is 0 Å². The number of nitrogens with two attached hydrogens (primary N) is 1. The molecule has 1 fully saturated rings. The third-order valence-electron chi connectivity index (χ3n) is 3.54. The van der Waals surface area contributed by atoms with Gasteiger partial charge in [0.05, 0.1) is 5.56 Å². The minimum absolute atomic E-state index is 0.156. The predicted octanol–water partition coefficient (Wildman–Crippen LogP) is 1.58. The molecule has 0 spiro atoms. The van der Waals surface area contributed by atoms with Crippen LogP contribution in [0.4, 0.5) is 10.1 Å². The zero-order chi connectivity index (χ0) is 13.8. The predicted molar refractivity (Wildman–Crippen MR) is 73.4 cm³/mol. The molecule has 0 bridgehead atoms. The van der Waals surface area contributed by atoms with E-state index in [1.165, 1.54) is 31.0 Å². The Labute approximate surface area is 113 Å². The standard InChI is InChI=1S/C14H20FN3O/c1-17(8-9-18-6-2-3-7-18)14(19)12-5-4-11(15)10-13(12)16/h4-5,10H,2-3,6-9,16H2,1H3. The van der Waals surface area contributed by atoms with Gasteiger partial charge >= 0.3 is 0 Å². The van der Waals surface area contributed by atoms with Crippen molar-refractivity contribution in [3.05, 3.63) is 29.6 Å². The van der Waals surface area contributed by atoms with Crippen LogP contribution in [-0.4, -0.2) is 48.9 Å². The molecule has 1 heterocycles. The van der Waals surface area contributed by atoms with Gasteiger partial charge in [0.25, 0.3) is 5.91 Å². The van der Waals surface area contributed by atoms with Crippen LogP contribution in [0.25, 0.3) is 0 Å². The fourth-order valence-corrected chi connectivity index (χ4v) is 2.33. The first-order valence-corrected chi connectivity index (χ1v) is 6.61.